The molecule has 0 saturated heterocycles. The molecule has 2 aliphatic carbocycles. The van der Waals surface area contributed by atoms with E-state index in [1.165, 1.54) is 0 Å². The third kappa shape index (κ3) is 5.76. The van der Waals surface area contributed by atoms with Gasteiger partial charge in [0, 0.05) is 6.61 Å². The van der Waals surface area contributed by atoms with Gasteiger partial charge in [0.1, 0.15) is 11.7 Å². The molecule has 24 heavy (non-hydrogen) atoms. The molecule has 138 valence electrons. The van der Waals surface area contributed by atoms with E-state index in [0.29, 0.717) is 31.6 Å². The number of rotatable bonds is 4. The summed E-state index contributed by atoms with van der Waals surface area (Å²) in [5, 5.41) is 9.16. The number of carbonyl (C=O) groups excluding carboxylic acids is 2. The minimum Gasteiger partial charge on any atom is -0.462 e. The zero-order chi connectivity index (χ0) is 17.7. The molecular weight excluding hydrogens is 308 g/mol. The minimum absolute atomic E-state index is 0.00359. The number of aliphatic hydroxyl groups is 1. The maximum Gasteiger partial charge on any atom is 0.309 e. The Hall–Kier alpha value is -1.10. The quantitative estimate of drug-likeness (QED) is 0.796. The summed E-state index contributed by atoms with van der Waals surface area (Å²) < 4.78 is 11.1. The van der Waals surface area contributed by atoms with E-state index < -0.39 is 5.60 Å². The molecule has 5 heteroatoms. The summed E-state index contributed by atoms with van der Waals surface area (Å²) in [7, 11) is 0. The highest BCUT2D eigenvalue weighted by molar-refractivity contribution is 5.75. The summed E-state index contributed by atoms with van der Waals surface area (Å²) in [6.07, 6.45) is 6.37. The molecule has 2 rings (SSSR count). The Morgan fingerprint density at radius 2 is 1.38 bits per heavy atom. The van der Waals surface area contributed by atoms with Crippen LogP contribution in [0.15, 0.2) is 0 Å². The first-order valence-corrected chi connectivity index (χ1v) is 9.32. The summed E-state index contributed by atoms with van der Waals surface area (Å²) >= 11 is 0. The maximum absolute atomic E-state index is 12.3. The predicted octanol–water partition coefficient (Wildman–Crippen LogP) is 3.23. The van der Waals surface area contributed by atoms with Crippen molar-refractivity contribution in [1.29, 1.82) is 0 Å². The van der Waals surface area contributed by atoms with E-state index in [1.54, 1.807) is 0 Å². The van der Waals surface area contributed by atoms with Gasteiger partial charge < -0.3 is 14.6 Å². The monoisotopic (exact) mass is 340 g/mol. The van der Waals surface area contributed by atoms with E-state index in [9.17, 15) is 9.59 Å². The van der Waals surface area contributed by atoms with Crippen LogP contribution >= 0.6 is 0 Å². The normalized spacial score (nSPS) is 31.3. The molecule has 0 unspecified atom stereocenters. The molecule has 0 aromatic rings. The second-order valence-electron chi connectivity index (χ2n) is 8.34. The smallest absolute Gasteiger partial charge is 0.309 e. The topological polar surface area (TPSA) is 72.8 Å². The summed E-state index contributed by atoms with van der Waals surface area (Å²) in [5.74, 6) is -0.0570. The van der Waals surface area contributed by atoms with Gasteiger partial charge in [-0.15, -0.1) is 0 Å². The molecule has 1 N–H and O–H groups in total. The first-order chi connectivity index (χ1) is 11.3. The number of hydrogen-bond donors (Lipinski definition) is 1. The van der Waals surface area contributed by atoms with Crippen molar-refractivity contribution in [2.45, 2.75) is 83.8 Å². The molecule has 0 bridgehead atoms. The Balaban J connectivity index is 1.72. The van der Waals surface area contributed by atoms with Gasteiger partial charge in [0.25, 0.3) is 0 Å². The molecule has 0 atom stereocenters. The Bertz CT molecular complexity index is 424. The number of esters is 2. The van der Waals surface area contributed by atoms with Crippen LogP contribution in [0.1, 0.15) is 72.1 Å². The first-order valence-electron chi connectivity index (χ1n) is 9.32. The molecule has 0 aromatic heterocycles. The highest BCUT2D eigenvalue weighted by Gasteiger charge is 2.34. The summed E-state index contributed by atoms with van der Waals surface area (Å²) in [6, 6.07) is 0. The number of ether oxygens (including phenoxy) is 2. The van der Waals surface area contributed by atoms with Crippen LogP contribution in [0, 0.1) is 17.8 Å². The largest absolute Gasteiger partial charge is 0.462 e. The lowest BCUT2D eigenvalue weighted by Gasteiger charge is -2.31. The van der Waals surface area contributed by atoms with Gasteiger partial charge in [-0.25, -0.2) is 0 Å². The number of hydrogen-bond acceptors (Lipinski definition) is 5. The van der Waals surface area contributed by atoms with Crippen LogP contribution in [0.5, 0.6) is 0 Å². The highest BCUT2D eigenvalue weighted by Crippen LogP contribution is 2.33. The van der Waals surface area contributed by atoms with Crippen molar-refractivity contribution in [2.75, 3.05) is 6.61 Å². The third-order valence-corrected chi connectivity index (χ3v) is 5.14. The molecular formula is C19H32O5. The Morgan fingerprint density at radius 1 is 0.875 bits per heavy atom. The van der Waals surface area contributed by atoms with E-state index in [-0.39, 0.29) is 36.5 Å². The third-order valence-electron chi connectivity index (χ3n) is 5.14. The Labute approximate surface area is 145 Å². The van der Waals surface area contributed by atoms with Crippen molar-refractivity contribution in [1.82, 2.24) is 0 Å². The van der Waals surface area contributed by atoms with Crippen LogP contribution in [0.2, 0.25) is 0 Å². The molecule has 0 heterocycles. The van der Waals surface area contributed by atoms with Crippen LogP contribution in [0.3, 0.4) is 0 Å². The second kappa shape index (κ2) is 8.32. The molecule has 2 fully saturated rings. The summed E-state index contributed by atoms with van der Waals surface area (Å²) in [4.78, 5) is 24.4. The zero-order valence-electron chi connectivity index (χ0n) is 15.3. The zero-order valence-corrected chi connectivity index (χ0v) is 15.3. The fourth-order valence-corrected chi connectivity index (χ4v) is 3.64. The van der Waals surface area contributed by atoms with Gasteiger partial charge in [-0.1, -0.05) is 0 Å². The van der Waals surface area contributed by atoms with Gasteiger partial charge in [-0.05, 0) is 78.1 Å². The van der Waals surface area contributed by atoms with Crippen LogP contribution in [-0.2, 0) is 19.1 Å². The van der Waals surface area contributed by atoms with Crippen LogP contribution < -0.4 is 0 Å². The van der Waals surface area contributed by atoms with Crippen LogP contribution in [0.25, 0.3) is 0 Å². The van der Waals surface area contributed by atoms with Gasteiger partial charge in [0.05, 0.1) is 11.8 Å². The molecule has 0 amide bonds. The van der Waals surface area contributed by atoms with E-state index in [0.717, 1.165) is 25.7 Å². The highest BCUT2D eigenvalue weighted by atomic mass is 16.6. The standard InChI is InChI=1S/C19H32O5/c1-19(2,3)24-18(22)15-8-6-14(7-9-15)17(21)23-16-10-4-13(12-20)5-11-16/h13-16,20H,4-12H2,1-3H3. The molecule has 0 aliphatic heterocycles. The van der Waals surface area contributed by atoms with Gasteiger partial charge >= 0.3 is 11.9 Å². The lowest BCUT2D eigenvalue weighted by molar-refractivity contribution is -0.165. The molecule has 5 nitrogen and oxygen atoms in total. The van der Waals surface area contributed by atoms with Gasteiger partial charge in [0.2, 0.25) is 0 Å². The van der Waals surface area contributed by atoms with Gasteiger partial charge in [-0.2, -0.15) is 0 Å². The molecule has 0 spiro atoms. The number of carbonyl (C=O) groups is 2. The molecule has 0 radical (unpaired) electrons. The second-order valence-corrected chi connectivity index (χ2v) is 8.34. The first kappa shape index (κ1) is 19.2. The predicted molar refractivity (Wildman–Crippen MR) is 90.2 cm³/mol. The van der Waals surface area contributed by atoms with Crippen molar-refractivity contribution in [3.8, 4) is 0 Å². The van der Waals surface area contributed by atoms with Crippen LogP contribution in [-0.4, -0.2) is 35.4 Å². The average Bonchev–Trinajstić information content (AvgIpc) is 2.54. The minimum atomic E-state index is -0.458. The van der Waals surface area contributed by atoms with Crippen molar-refractivity contribution in [2.24, 2.45) is 17.8 Å². The summed E-state index contributed by atoms with van der Waals surface area (Å²) in [6.45, 7) is 5.85. The van der Waals surface area contributed by atoms with E-state index >= 15 is 0 Å². The number of aliphatic hydroxyl groups excluding tert-OH is 1. The van der Waals surface area contributed by atoms with Crippen molar-refractivity contribution in [3.63, 3.8) is 0 Å². The fraction of sp³-hybridized carbons (Fsp3) is 0.895. The van der Waals surface area contributed by atoms with E-state index in [2.05, 4.69) is 0 Å². The van der Waals surface area contributed by atoms with E-state index in [4.69, 9.17) is 14.6 Å². The Kier molecular flexibility index (Phi) is 6.67. The fourth-order valence-electron chi connectivity index (χ4n) is 3.64. The van der Waals surface area contributed by atoms with Crippen molar-refractivity contribution in [3.05, 3.63) is 0 Å². The van der Waals surface area contributed by atoms with Gasteiger partial charge in [-0.3, -0.25) is 9.59 Å². The lowest BCUT2D eigenvalue weighted by Crippen LogP contribution is -2.34. The molecule has 2 aliphatic rings. The molecule has 2 saturated carbocycles. The van der Waals surface area contributed by atoms with Crippen molar-refractivity contribution < 1.29 is 24.2 Å². The Morgan fingerprint density at radius 3 is 1.83 bits per heavy atom. The SMILES string of the molecule is CC(C)(C)OC(=O)C1CCC(C(=O)OC2CCC(CO)CC2)CC1. The van der Waals surface area contributed by atoms with Crippen LogP contribution in [0.4, 0.5) is 0 Å². The van der Waals surface area contributed by atoms with Gasteiger partial charge in [0.15, 0.2) is 0 Å². The lowest BCUT2D eigenvalue weighted by atomic mass is 9.82. The molecule has 0 aromatic carbocycles. The maximum atomic E-state index is 12.3. The average molecular weight is 340 g/mol. The van der Waals surface area contributed by atoms with Crippen molar-refractivity contribution >= 4 is 11.9 Å². The summed E-state index contributed by atoms with van der Waals surface area (Å²) in [5.41, 5.74) is -0.458. The van der Waals surface area contributed by atoms with E-state index in [1.807, 2.05) is 20.8 Å².